The minimum absolute atomic E-state index is 0.373. The first-order chi connectivity index (χ1) is 5.16. The van der Waals surface area contributed by atoms with E-state index in [9.17, 15) is 4.79 Å². The number of carbonyl (C=O) groups excluding carboxylic acids is 1. The van der Waals surface area contributed by atoms with Crippen molar-refractivity contribution in [3.63, 3.8) is 0 Å². The Balaban J connectivity index is 2.45. The zero-order chi connectivity index (χ0) is 8.32. The Labute approximate surface area is 72.0 Å². The summed E-state index contributed by atoms with van der Waals surface area (Å²) in [5, 5.41) is 0. The van der Waals surface area contributed by atoms with Gasteiger partial charge in [0, 0.05) is 6.08 Å². The van der Waals surface area contributed by atoms with E-state index in [-0.39, 0.29) is 5.97 Å². The topological polar surface area (TPSA) is 26.3 Å². The van der Waals surface area contributed by atoms with Gasteiger partial charge in [-0.25, -0.2) is 4.79 Å². The Morgan fingerprint density at radius 3 is 2.55 bits per heavy atom. The maximum atomic E-state index is 10.8. The molecule has 0 aromatic heterocycles. The normalized spacial score (nSPS) is 21.2. The molecular formula is C8H12O2S. The van der Waals surface area contributed by atoms with Crippen molar-refractivity contribution in [1.82, 2.24) is 0 Å². The molecule has 0 heterocycles. The third kappa shape index (κ3) is 2.26. The van der Waals surface area contributed by atoms with E-state index in [1.54, 1.807) is 0 Å². The first-order valence-corrected chi connectivity index (χ1v) is 4.19. The fourth-order valence-corrected chi connectivity index (χ4v) is 1.66. The molecule has 1 rings (SSSR count). The molecule has 0 unspecified atom stereocenters. The van der Waals surface area contributed by atoms with Crippen LogP contribution in [0.3, 0.4) is 0 Å². The number of hydrogen-bond acceptors (Lipinski definition) is 3. The van der Waals surface area contributed by atoms with Gasteiger partial charge in [0.05, 0.1) is 0 Å². The van der Waals surface area contributed by atoms with Crippen molar-refractivity contribution in [1.29, 1.82) is 0 Å². The molecule has 1 aliphatic carbocycles. The largest absolute Gasteiger partial charge is 0.445 e. The van der Waals surface area contributed by atoms with Crippen LogP contribution in [0.25, 0.3) is 0 Å². The lowest BCUT2D eigenvalue weighted by molar-refractivity contribution is -0.144. The summed E-state index contributed by atoms with van der Waals surface area (Å²) in [4.78, 5) is 10.3. The van der Waals surface area contributed by atoms with E-state index in [4.69, 9.17) is 4.74 Å². The summed E-state index contributed by atoms with van der Waals surface area (Å²) in [6.45, 7) is 3.33. The van der Waals surface area contributed by atoms with Gasteiger partial charge in [-0.05, 0) is 25.7 Å². The molecular weight excluding hydrogens is 160 g/mol. The molecule has 11 heavy (non-hydrogen) atoms. The molecule has 0 atom stereocenters. The molecule has 0 aromatic rings. The molecule has 0 aromatic carbocycles. The SMILES string of the molecule is C=CC(=O)OC1(S)CCCC1. The highest BCUT2D eigenvalue weighted by Crippen LogP contribution is 2.36. The van der Waals surface area contributed by atoms with Gasteiger partial charge in [-0.2, -0.15) is 0 Å². The van der Waals surface area contributed by atoms with Crippen LogP contribution in [0.4, 0.5) is 0 Å². The van der Waals surface area contributed by atoms with Crippen LogP contribution >= 0.6 is 12.6 Å². The second-order valence-corrected chi connectivity index (χ2v) is 3.59. The van der Waals surface area contributed by atoms with Gasteiger partial charge in [0.25, 0.3) is 0 Å². The van der Waals surface area contributed by atoms with Crippen molar-refractivity contribution < 1.29 is 9.53 Å². The number of hydrogen-bond donors (Lipinski definition) is 1. The molecule has 62 valence electrons. The minimum atomic E-state index is -0.509. The van der Waals surface area contributed by atoms with Gasteiger partial charge in [0.15, 0.2) is 4.93 Å². The van der Waals surface area contributed by atoms with E-state index >= 15 is 0 Å². The van der Waals surface area contributed by atoms with E-state index in [2.05, 4.69) is 19.2 Å². The summed E-state index contributed by atoms with van der Waals surface area (Å²) >= 11 is 4.28. The molecule has 0 aliphatic heterocycles. The smallest absolute Gasteiger partial charge is 0.331 e. The lowest BCUT2D eigenvalue weighted by atomic mass is 10.3. The standard InChI is InChI=1S/C8H12O2S/c1-2-7(9)10-8(11)5-3-4-6-8/h2,11H,1,3-6H2. The molecule has 0 radical (unpaired) electrons. The molecule has 1 saturated carbocycles. The summed E-state index contributed by atoms with van der Waals surface area (Å²) in [5.41, 5.74) is 0. The average Bonchev–Trinajstić information content (AvgIpc) is 2.36. The van der Waals surface area contributed by atoms with Crippen LogP contribution in [0.5, 0.6) is 0 Å². The van der Waals surface area contributed by atoms with Gasteiger partial charge in [0.2, 0.25) is 0 Å². The van der Waals surface area contributed by atoms with Gasteiger partial charge in [-0.15, -0.1) is 12.6 Å². The Hall–Kier alpha value is -0.440. The zero-order valence-electron chi connectivity index (χ0n) is 6.38. The lowest BCUT2D eigenvalue weighted by Gasteiger charge is -2.21. The van der Waals surface area contributed by atoms with Crippen molar-refractivity contribution in [2.24, 2.45) is 0 Å². The van der Waals surface area contributed by atoms with E-state index in [1.165, 1.54) is 6.08 Å². The number of carbonyl (C=O) groups is 1. The van der Waals surface area contributed by atoms with E-state index in [0.29, 0.717) is 0 Å². The highest BCUT2D eigenvalue weighted by Gasteiger charge is 2.32. The Bertz CT molecular complexity index is 171. The minimum Gasteiger partial charge on any atom is -0.445 e. The molecule has 0 N–H and O–H groups in total. The molecule has 1 aliphatic rings. The fraction of sp³-hybridized carbons (Fsp3) is 0.625. The Morgan fingerprint density at radius 2 is 2.09 bits per heavy atom. The second kappa shape index (κ2) is 3.30. The Kier molecular flexibility index (Phi) is 2.60. The predicted octanol–water partition coefficient (Wildman–Crippen LogP) is 1.92. The first kappa shape index (κ1) is 8.65. The van der Waals surface area contributed by atoms with Crippen LogP contribution in [-0.4, -0.2) is 10.9 Å². The first-order valence-electron chi connectivity index (χ1n) is 3.74. The van der Waals surface area contributed by atoms with Gasteiger partial charge < -0.3 is 4.74 Å². The fourth-order valence-electron chi connectivity index (χ4n) is 1.26. The number of rotatable bonds is 2. The van der Waals surface area contributed by atoms with Gasteiger partial charge in [0.1, 0.15) is 0 Å². The van der Waals surface area contributed by atoms with Crippen LogP contribution in [0.2, 0.25) is 0 Å². The molecule has 1 fully saturated rings. The van der Waals surface area contributed by atoms with Crippen molar-refractivity contribution in [2.45, 2.75) is 30.6 Å². The van der Waals surface area contributed by atoms with Crippen molar-refractivity contribution in [2.75, 3.05) is 0 Å². The summed E-state index contributed by atoms with van der Waals surface area (Å²) in [6, 6.07) is 0. The number of ether oxygens (including phenoxy) is 1. The monoisotopic (exact) mass is 172 g/mol. The van der Waals surface area contributed by atoms with Gasteiger partial charge in [-0.1, -0.05) is 6.58 Å². The van der Waals surface area contributed by atoms with Crippen LogP contribution in [0.1, 0.15) is 25.7 Å². The maximum absolute atomic E-state index is 10.8. The molecule has 0 bridgehead atoms. The maximum Gasteiger partial charge on any atom is 0.331 e. The second-order valence-electron chi connectivity index (χ2n) is 2.78. The zero-order valence-corrected chi connectivity index (χ0v) is 7.27. The van der Waals surface area contributed by atoms with Crippen LogP contribution < -0.4 is 0 Å². The van der Waals surface area contributed by atoms with Gasteiger partial charge >= 0.3 is 5.97 Å². The van der Waals surface area contributed by atoms with Crippen LogP contribution in [-0.2, 0) is 9.53 Å². The summed E-state index contributed by atoms with van der Waals surface area (Å²) in [7, 11) is 0. The summed E-state index contributed by atoms with van der Waals surface area (Å²) in [6.07, 6.45) is 5.07. The third-order valence-electron chi connectivity index (χ3n) is 1.84. The van der Waals surface area contributed by atoms with E-state index in [1.807, 2.05) is 0 Å². The van der Waals surface area contributed by atoms with Gasteiger partial charge in [-0.3, -0.25) is 0 Å². The molecule has 0 saturated heterocycles. The lowest BCUT2D eigenvalue weighted by Crippen LogP contribution is -2.24. The van der Waals surface area contributed by atoms with Crippen molar-refractivity contribution in [3.05, 3.63) is 12.7 Å². The molecule has 3 heteroatoms. The van der Waals surface area contributed by atoms with Crippen LogP contribution in [0, 0.1) is 0 Å². The van der Waals surface area contributed by atoms with Crippen LogP contribution in [0.15, 0.2) is 12.7 Å². The quantitative estimate of drug-likeness (QED) is 0.298. The molecule has 0 amide bonds. The van der Waals surface area contributed by atoms with E-state index < -0.39 is 4.93 Å². The van der Waals surface area contributed by atoms with Crippen molar-refractivity contribution >= 4 is 18.6 Å². The Morgan fingerprint density at radius 1 is 1.55 bits per heavy atom. The summed E-state index contributed by atoms with van der Waals surface area (Å²) < 4.78 is 5.06. The molecule has 2 nitrogen and oxygen atoms in total. The summed E-state index contributed by atoms with van der Waals surface area (Å²) in [5.74, 6) is -0.373. The molecule has 0 spiro atoms. The number of esters is 1. The average molecular weight is 172 g/mol. The highest BCUT2D eigenvalue weighted by atomic mass is 32.1. The van der Waals surface area contributed by atoms with E-state index in [0.717, 1.165) is 25.7 Å². The predicted molar refractivity (Wildman–Crippen MR) is 46.5 cm³/mol. The third-order valence-corrected chi connectivity index (χ3v) is 2.38. The number of thiol groups is 1. The van der Waals surface area contributed by atoms with Crippen molar-refractivity contribution in [3.8, 4) is 0 Å². The highest BCUT2D eigenvalue weighted by molar-refractivity contribution is 7.81.